The van der Waals surface area contributed by atoms with Crippen LogP contribution in [0, 0.1) is 5.92 Å². The van der Waals surface area contributed by atoms with Crippen molar-refractivity contribution in [2.45, 2.75) is 78.1 Å². The summed E-state index contributed by atoms with van der Waals surface area (Å²) >= 11 is 0. The van der Waals surface area contributed by atoms with E-state index in [1.807, 2.05) is 36.4 Å². The van der Waals surface area contributed by atoms with Crippen LogP contribution in [0.5, 0.6) is 0 Å². The quantitative estimate of drug-likeness (QED) is 0.363. The van der Waals surface area contributed by atoms with E-state index >= 15 is 0 Å². The molecule has 0 fully saturated rings. The van der Waals surface area contributed by atoms with Gasteiger partial charge in [-0.25, -0.2) is 0 Å². The molecule has 0 aliphatic rings. The molecule has 0 aromatic heterocycles. The topological polar surface area (TPSA) is 0 Å². The van der Waals surface area contributed by atoms with Gasteiger partial charge in [-0.1, -0.05) is 132 Å². The van der Waals surface area contributed by atoms with Crippen LogP contribution >= 0.6 is 0 Å². The summed E-state index contributed by atoms with van der Waals surface area (Å²) in [7, 11) is 0. The minimum absolute atomic E-state index is 0.912. The van der Waals surface area contributed by atoms with E-state index in [2.05, 4.69) is 44.2 Å². The van der Waals surface area contributed by atoms with Gasteiger partial charge in [0.15, 0.2) is 0 Å². The van der Waals surface area contributed by atoms with E-state index in [0.29, 0.717) is 0 Å². The lowest BCUT2D eigenvalue weighted by atomic mass is 9.95. The van der Waals surface area contributed by atoms with Crippen LogP contribution in [0.4, 0.5) is 0 Å². The van der Waals surface area contributed by atoms with Gasteiger partial charge in [-0.15, -0.1) is 0 Å². The van der Waals surface area contributed by atoms with Crippen LogP contribution in [0.3, 0.4) is 0 Å². The second-order valence-corrected chi connectivity index (χ2v) is 7.19. The van der Waals surface area contributed by atoms with E-state index < -0.39 is 0 Å². The van der Waals surface area contributed by atoms with Crippen molar-refractivity contribution in [3.8, 4) is 0 Å². The Labute approximate surface area is 156 Å². The standard InChI is InChI=1S/C19H32.C6H6/c1-3-4-5-6-7-9-13-18(2)14-12-17-19-15-10-8-11-16-19;1-2-4-6-5-3-1/h8,10-11,15-16,18H,3-7,9,12-14,17H2,1-2H3;1-6H. The molecule has 0 bridgehead atoms. The van der Waals surface area contributed by atoms with E-state index in [0.717, 1.165) is 5.92 Å². The Hall–Kier alpha value is -1.56. The van der Waals surface area contributed by atoms with Crippen LogP contribution in [0.25, 0.3) is 0 Å². The SMILES string of the molecule is CCCCCCCCC(C)CCCc1ccccc1.c1ccccc1. The van der Waals surface area contributed by atoms with Crippen molar-refractivity contribution in [3.05, 3.63) is 72.3 Å². The molecule has 138 valence electrons. The molecule has 0 heterocycles. The van der Waals surface area contributed by atoms with Crippen molar-refractivity contribution >= 4 is 0 Å². The van der Waals surface area contributed by atoms with Crippen LogP contribution < -0.4 is 0 Å². The Morgan fingerprint density at radius 2 is 1.08 bits per heavy atom. The van der Waals surface area contributed by atoms with Crippen molar-refractivity contribution < 1.29 is 0 Å². The molecule has 0 amide bonds. The molecule has 0 saturated carbocycles. The van der Waals surface area contributed by atoms with Crippen LogP contribution in [-0.2, 0) is 6.42 Å². The third kappa shape index (κ3) is 13.4. The van der Waals surface area contributed by atoms with Gasteiger partial charge in [0.05, 0.1) is 0 Å². The molecule has 2 rings (SSSR count). The maximum atomic E-state index is 2.43. The average molecular weight is 339 g/mol. The molecule has 0 aliphatic carbocycles. The first-order chi connectivity index (χ1) is 12.3. The molecule has 0 N–H and O–H groups in total. The highest BCUT2D eigenvalue weighted by molar-refractivity contribution is 5.14. The predicted octanol–water partition coefficient (Wildman–Crippen LogP) is 8.08. The molecule has 0 nitrogen and oxygen atoms in total. The molecule has 25 heavy (non-hydrogen) atoms. The van der Waals surface area contributed by atoms with Gasteiger partial charge in [0.2, 0.25) is 0 Å². The van der Waals surface area contributed by atoms with E-state index in [1.54, 1.807) is 0 Å². The molecule has 0 heteroatoms. The van der Waals surface area contributed by atoms with Crippen molar-refractivity contribution in [2.24, 2.45) is 5.92 Å². The zero-order chi connectivity index (χ0) is 18.0. The van der Waals surface area contributed by atoms with E-state index in [-0.39, 0.29) is 0 Å². The average Bonchev–Trinajstić information content (AvgIpc) is 2.67. The summed E-state index contributed by atoms with van der Waals surface area (Å²) in [5, 5.41) is 0. The van der Waals surface area contributed by atoms with E-state index in [4.69, 9.17) is 0 Å². The van der Waals surface area contributed by atoms with Crippen molar-refractivity contribution in [1.82, 2.24) is 0 Å². The first kappa shape index (κ1) is 21.5. The summed E-state index contributed by atoms with van der Waals surface area (Å²) in [5.74, 6) is 0.912. The Kier molecular flexibility index (Phi) is 13.7. The Balaban J connectivity index is 0.000000435. The lowest BCUT2D eigenvalue weighted by molar-refractivity contribution is 0.444. The molecule has 2 aromatic rings. The molecular formula is C25H38. The van der Waals surface area contributed by atoms with Crippen molar-refractivity contribution in [2.75, 3.05) is 0 Å². The maximum absolute atomic E-state index is 2.43. The minimum Gasteiger partial charge on any atom is -0.0654 e. The Morgan fingerprint density at radius 1 is 0.600 bits per heavy atom. The molecular weight excluding hydrogens is 300 g/mol. The normalized spacial score (nSPS) is 11.4. The van der Waals surface area contributed by atoms with Gasteiger partial charge < -0.3 is 0 Å². The van der Waals surface area contributed by atoms with E-state index in [1.165, 1.54) is 69.8 Å². The summed E-state index contributed by atoms with van der Waals surface area (Å²) in [6, 6.07) is 22.9. The number of aryl methyl sites for hydroxylation is 1. The lowest BCUT2D eigenvalue weighted by Crippen LogP contribution is -1.96. The molecule has 2 aromatic carbocycles. The number of hydrogen-bond donors (Lipinski definition) is 0. The number of rotatable bonds is 11. The molecule has 0 saturated heterocycles. The van der Waals surface area contributed by atoms with Crippen LogP contribution in [0.15, 0.2) is 66.7 Å². The van der Waals surface area contributed by atoms with Gasteiger partial charge in [0.25, 0.3) is 0 Å². The van der Waals surface area contributed by atoms with Crippen molar-refractivity contribution in [3.63, 3.8) is 0 Å². The number of hydrogen-bond acceptors (Lipinski definition) is 0. The monoisotopic (exact) mass is 338 g/mol. The summed E-state index contributed by atoms with van der Waals surface area (Å²) in [6.45, 7) is 4.71. The molecule has 0 spiro atoms. The Morgan fingerprint density at radius 3 is 1.68 bits per heavy atom. The van der Waals surface area contributed by atoms with Gasteiger partial charge in [0.1, 0.15) is 0 Å². The summed E-state index contributed by atoms with van der Waals surface area (Å²) < 4.78 is 0. The van der Waals surface area contributed by atoms with Gasteiger partial charge in [-0.05, 0) is 24.3 Å². The Bertz CT molecular complexity index is 447. The fraction of sp³-hybridized carbons (Fsp3) is 0.520. The smallest absolute Gasteiger partial charge is 0.0279 e. The largest absolute Gasteiger partial charge is 0.0654 e. The first-order valence-electron chi connectivity index (χ1n) is 10.4. The van der Waals surface area contributed by atoms with Gasteiger partial charge >= 0.3 is 0 Å². The maximum Gasteiger partial charge on any atom is -0.0279 e. The summed E-state index contributed by atoms with van der Waals surface area (Å²) in [6.07, 6.45) is 14.0. The molecule has 1 unspecified atom stereocenters. The second kappa shape index (κ2) is 15.9. The highest BCUT2D eigenvalue weighted by Gasteiger charge is 2.02. The first-order valence-corrected chi connectivity index (χ1v) is 10.4. The van der Waals surface area contributed by atoms with Crippen LogP contribution in [0.2, 0.25) is 0 Å². The third-order valence-corrected chi connectivity index (χ3v) is 4.72. The number of benzene rings is 2. The third-order valence-electron chi connectivity index (χ3n) is 4.72. The van der Waals surface area contributed by atoms with Crippen LogP contribution in [0.1, 0.15) is 77.2 Å². The molecule has 1 atom stereocenters. The zero-order valence-corrected chi connectivity index (χ0v) is 16.5. The van der Waals surface area contributed by atoms with Gasteiger partial charge in [-0.2, -0.15) is 0 Å². The molecule has 0 aliphatic heterocycles. The van der Waals surface area contributed by atoms with E-state index in [9.17, 15) is 0 Å². The van der Waals surface area contributed by atoms with Gasteiger partial charge in [0, 0.05) is 0 Å². The van der Waals surface area contributed by atoms with Crippen molar-refractivity contribution in [1.29, 1.82) is 0 Å². The summed E-state index contributed by atoms with van der Waals surface area (Å²) in [5.41, 5.74) is 1.49. The fourth-order valence-electron chi connectivity index (χ4n) is 3.10. The van der Waals surface area contributed by atoms with Gasteiger partial charge in [-0.3, -0.25) is 0 Å². The highest BCUT2D eigenvalue weighted by atomic mass is 14.1. The summed E-state index contributed by atoms with van der Waals surface area (Å²) in [4.78, 5) is 0. The van der Waals surface area contributed by atoms with Crippen LogP contribution in [-0.4, -0.2) is 0 Å². The fourth-order valence-corrected chi connectivity index (χ4v) is 3.10. The minimum atomic E-state index is 0.912. The second-order valence-electron chi connectivity index (χ2n) is 7.19. The molecule has 0 radical (unpaired) electrons. The zero-order valence-electron chi connectivity index (χ0n) is 16.5. The lowest BCUT2D eigenvalue weighted by Gasteiger charge is -2.11. The number of unbranched alkanes of at least 4 members (excludes halogenated alkanes) is 5. The highest BCUT2D eigenvalue weighted by Crippen LogP contribution is 2.17. The predicted molar refractivity (Wildman–Crippen MR) is 113 cm³/mol.